The average Bonchev–Trinajstić information content (AvgIpc) is 2.28. The Labute approximate surface area is 119 Å². The summed E-state index contributed by atoms with van der Waals surface area (Å²) in [6.07, 6.45) is 11.4. The highest BCUT2D eigenvalue weighted by molar-refractivity contribution is 7.56. The Bertz CT molecular complexity index is 269. The number of allylic oxidation sites excluding steroid dienone is 2. The van der Waals surface area contributed by atoms with Gasteiger partial charge < -0.3 is 0 Å². The first-order chi connectivity index (χ1) is 8.50. The van der Waals surface area contributed by atoms with Crippen LogP contribution in [0.25, 0.3) is 0 Å². The van der Waals surface area contributed by atoms with Crippen molar-refractivity contribution in [3.63, 3.8) is 0 Å². The van der Waals surface area contributed by atoms with Gasteiger partial charge in [0, 0.05) is 0 Å². The molecule has 0 saturated heterocycles. The molecule has 0 nitrogen and oxygen atoms in total. The SMILES string of the molecule is CP(C)CCCC1=C(P)CCCC1CCP(C)C. The fraction of sp³-hybridized carbons (Fsp3) is 0.867. The standard InChI is InChI=1S/C15H31P3/c1-17(2)11-6-8-14-13(10-12-18(3)4)7-5-9-15(14)16/h13H,5-12,16H2,1-4H3. The Morgan fingerprint density at radius 1 is 1.11 bits per heavy atom. The molecule has 1 aliphatic rings. The van der Waals surface area contributed by atoms with E-state index in [-0.39, 0.29) is 0 Å². The van der Waals surface area contributed by atoms with E-state index < -0.39 is 0 Å². The van der Waals surface area contributed by atoms with Crippen LogP contribution in [-0.2, 0) is 0 Å². The van der Waals surface area contributed by atoms with Crippen LogP contribution < -0.4 is 0 Å². The van der Waals surface area contributed by atoms with E-state index in [4.69, 9.17) is 0 Å². The summed E-state index contributed by atoms with van der Waals surface area (Å²) >= 11 is 0. The van der Waals surface area contributed by atoms with E-state index in [2.05, 4.69) is 35.9 Å². The molecule has 0 heterocycles. The zero-order valence-corrected chi connectivity index (χ0v) is 15.6. The molecular formula is C15H31P3. The lowest BCUT2D eigenvalue weighted by molar-refractivity contribution is 0.478. The van der Waals surface area contributed by atoms with Gasteiger partial charge in [-0.3, -0.25) is 0 Å². The fourth-order valence-corrected chi connectivity index (χ4v) is 5.02. The van der Waals surface area contributed by atoms with Crippen LogP contribution in [0.2, 0.25) is 0 Å². The van der Waals surface area contributed by atoms with Crippen LogP contribution in [-0.4, -0.2) is 39.0 Å². The van der Waals surface area contributed by atoms with Crippen LogP contribution in [0.3, 0.4) is 0 Å². The Kier molecular flexibility index (Phi) is 8.59. The van der Waals surface area contributed by atoms with Gasteiger partial charge in [-0.2, -0.15) is 0 Å². The monoisotopic (exact) mass is 304 g/mol. The van der Waals surface area contributed by atoms with Crippen molar-refractivity contribution in [1.29, 1.82) is 0 Å². The minimum atomic E-state index is 0.292. The molecule has 2 unspecified atom stereocenters. The maximum absolute atomic E-state index is 3.05. The largest absolute Gasteiger partial charge is 0.113 e. The van der Waals surface area contributed by atoms with Crippen molar-refractivity contribution >= 4 is 25.1 Å². The summed E-state index contributed by atoms with van der Waals surface area (Å²) in [5.74, 6) is 0.927. The summed E-state index contributed by atoms with van der Waals surface area (Å²) in [5.41, 5.74) is 1.83. The third-order valence-electron chi connectivity index (χ3n) is 3.88. The lowest BCUT2D eigenvalue weighted by atomic mass is 9.83. The third kappa shape index (κ3) is 6.46. The molecule has 0 saturated carbocycles. The Morgan fingerprint density at radius 2 is 1.78 bits per heavy atom. The van der Waals surface area contributed by atoms with Gasteiger partial charge in [-0.15, -0.1) is 25.1 Å². The van der Waals surface area contributed by atoms with Gasteiger partial charge in [-0.05, 0) is 83.4 Å². The number of hydrogen-bond acceptors (Lipinski definition) is 0. The van der Waals surface area contributed by atoms with Gasteiger partial charge in [0.1, 0.15) is 0 Å². The number of rotatable bonds is 7. The van der Waals surface area contributed by atoms with Crippen LogP contribution in [0.5, 0.6) is 0 Å². The summed E-state index contributed by atoms with van der Waals surface area (Å²) in [6.45, 7) is 9.66. The average molecular weight is 304 g/mol. The Balaban J connectivity index is 2.50. The quantitative estimate of drug-likeness (QED) is 0.539. The molecule has 2 atom stereocenters. The minimum absolute atomic E-state index is 0.292. The molecule has 0 bridgehead atoms. The fourth-order valence-electron chi connectivity index (χ4n) is 2.82. The van der Waals surface area contributed by atoms with Crippen LogP contribution >= 0.6 is 25.1 Å². The molecule has 1 aliphatic carbocycles. The van der Waals surface area contributed by atoms with Gasteiger partial charge in [-0.1, -0.05) is 10.9 Å². The van der Waals surface area contributed by atoms with E-state index in [1.165, 1.54) is 50.8 Å². The second-order valence-electron chi connectivity index (χ2n) is 6.14. The molecule has 0 amide bonds. The highest BCUT2D eigenvalue weighted by Crippen LogP contribution is 2.41. The van der Waals surface area contributed by atoms with Gasteiger partial charge in [0.05, 0.1) is 0 Å². The lowest BCUT2D eigenvalue weighted by Crippen LogP contribution is -2.12. The van der Waals surface area contributed by atoms with Crippen molar-refractivity contribution in [2.24, 2.45) is 5.92 Å². The predicted octanol–water partition coefficient (Wildman–Crippen LogP) is 5.57. The lowest BCUT2D eigenvalue weighted by Gasteiger charge is -2.28. The molecule has 1 rings (SSSR count). The van der Waals surface area contributed by atoms with Gasteiger partial charge in [0.2, 0.25) is 0 Å². The molecule has 0 radical (unpaired) electrons. The van der Waals surface area contributed by atoms with E-state index in [1.807, 2.05) is 5.57 Å². The van der Waals surface area contributed by atoms with Gasteiger partial charge in [0.15, 0.2) is 0 Å². The van der Waals surface area contributed by atoms with Crippen molar-refractivity contribution in [2.45, 2.75) is 38.5 Å². The topological polar surface area (TPSA) is 0 Å². The van der Waals surface area contributed by atoms with Crippen molar-refractivity contribution < 1.29 is 0 Å². The van der Waals surface area contributed by atoms with E-state index in [0.717, 1.165) is 5.92 Å². The van der Waals surface area contributed by atoms with Gasteiger partial charge in [0.25, 0.3) is 0 Å². The minimum Gasteiger partial charge on any atom is -0.113 e. The maximum atomic E-state index is 3.05. The molecule has 106 valence electrons. The van der Waals surface area contributed by atoms with E-state index in [1.54, 1.807) is 5.31 Å². The summed E-state index contributed by atoms with van der Waals surface area (Å²) in [4.78, 5) is 0. The second kappa shape index (κ2) is 9.06. The Hall–Kier alpha value is 1.03. The maximum Gasteiger partial charge on any atom is -0.0194 e. The smallest absolute Gasteiger partial charge is 0.0194 e. The summed E-state index contributed by atoms with van der Waals surface area (Å²) in [5, 5.41) is 1.67. The third-order valence-corrected chi connectivity index (χ3v) is 6.90. The molecule has 0 aromatic rings. The normalized spacial score (nSPS) is 21.2. The first-order valence-corrected chi connectivity index (χ1v) is 12.7. The second-order valence-corrected chi connectivity index (χ2v) is 12.0. The van der Waals surface area contributed by atoms with E-state index in [0.29, 0.717) is 15.8 Å². The highest BCUT2D eigenvalue weighted by atomic mass is 31.1. The molecule has 18 heavy (non-hydrogen) atoms. The summed E-state index contributed by atoms with van der Waals surface area (Å²) < 4.78 is 0. The summed E-state index contributed by atoms with van der Waals surface area (Å²) in [6, 6.07) is 0. The van der Waals surface area contributed by atoms with Gasteiger partial charge >= 0.3 is 0 Å². The summed E-state index contributed by atoms with van der Waals surface area (Å²) in [7, 11) is 3.64. The predicted molar refractivity (Wildman–Crippen MR) is 95.2 cm³/mol. The Morgan fingerprint density at radius 3 is 2.39 bits per heavy atom. The van der Waals surface area contributed by atoms with Crippen LogP contribution in [0.15, 0.2) is 10.9 Å². The molecule has 0 spiro atoms. The van der Waals surface area contributed by atoms with E-state index >= 15 is 0 Å². The molecule has 0 N–H and O–H groups in total. The van der Waals surface area contributed by atoms with Gasteiger partial charge in [-0.25, -0.2) is 0 Å². The van der Waals surface area contributed by atoms with Crippen LogP contribution in [0.1, 0.15) is 38.5 Å². The van der Waals surface area contributed by atoms with Crippen LogP contribution in [0, 0.1) is 5.92 Å². The molecule has 0 aliphatic heterocycles. The zero-order chi connectivity index (χ0) is 13.5. The molecule has 3 heteroatoms. The number of hydrogen-bond donors (Lipinski definition) is 0. The van der Waals surface area contributed by atoms with Crippen LogP contribution in [0.4, 0.5) is 0 Å². The first kappa shape index (κ1) is 17.1. The van der Waals surface area contributed by atoms with Crippen molar-refractivity contribution in [3.05, 3.63) is 10.9 Å². The molecular weight excluding hydrogens is 273 g/mol. The van der Waals surface area contributed by atoms with Crippen molar-refractivity contribution in [2.75, 3.05) is 39.0 Å². The van der Waals surface area contributed by atoms with E-state index in [9.17, 15) is 0 Å². The van der Waals surface area contributed by atoms with Crippen molar-refractivity contribution in [1.82, 2.24) is 0 Å². The molecule has 0 aromatic carbocycles. The molecule has 0 fully saturated rings. The van der Waals surface area contributed by atoms with Crippen molar-refractivity contribution in [3.8, 4) is 0 Å². The highest BCUT2D eigenvalue weighted by Gasteiger charge is 2.20. The zero-order valence-electron chi connectivity index (χ0n) is 12.7. The first-order valence-electron chi connectivity index (χ1n) is 7.27. The molecule has 0 aromatic heterocycles.